The summed E-state index contributed by atoms with van der Waals surface area (Å²) in [6, 6.07) is 10.2. The first-order valence-corrected chi connectivity index (χ1v) is 7.50. The highest BCUT2D eigenvalue weighted by atomic mass is 79.9. The van der Waals surface area contributed by atoms with Gasteiger partial charge in [0.05, 0.1) is 0 Å². The Balaban J connectivity index is 2.09. The number of hydrogen-bond acceptors (Lipinski definition) is 4. The molecule has 0 unspecified atom stereocenters. The molecule has 5 heteroatoms. The fourth-order valence-electron chi connectivity index (χ4n) is 1.87. The van der Waals surface area contributed by atoms with Gasteiger partial charge in [0.2, 0.25) is 0 Å². The number of nitrogens with zero attached hydrogens (tertiary/aromatic N) is 3. The van der Waals surface area contributed by atoms with Crippen molar-refractivity contribution in [2.24, 2.45) is 0 Å². The first-order chi connectivity index (χ1) is 9.70. The summed E-state index contributed by atoms with van der Waals surface area (Å²) in [6.07, 6.45) is 2.68. The van der Waals surface area contributed by atoms with Crippen LogP contribution in [0.1, 0.15) is 18.9 Å². The Labute approximate surface area is 128 Å². The van der Waals surface area contributed by atoms with Gasteiger partial charge in [-0.15, -0.1) is 0 Å². The maximum absolute atomic E-state index is 4.33. The van der Waals surface area contributed by atoms with Crippen molar-refractivity contribution in [3.05, 3.63) is 46.7 Å². The third-order valence-corrected chi connectivity index (χ3v) is 3.74. The van der Waals surface area contributed by atoms with Crippen molar-refractivity contribution in [3.63, 3.8) is 0 Å². The second kappa shape index (κ2) is 7.24. The highest BCUT2D eigenvalue weighted by molar-refractivity contribution is 9.10. The molecule has 0 atom stereocenters. The highest BCUT2D eigenvalue weighted by Crippen LogP contribution is 2.20. The first-order valence-electron chi connectivity index (χ1n) is 6.71. The summed E-state index contributed by atoms with van der Waals surface area (Å²) < 4.78 is 1.12. The highest BCUT2D eigenvalue weighted by Gasteiger charge is 2.07. The van der Waals surface area contributed by atoms with Gasteiger partial charge in [-0.25, -0.2) is 9.97 Å². The van der Waals surface area contributed by atoms with E-state index in [9.17, 15) is 0 Å². The molecule has 20 heavy (non-hydrogen) atoms. The van der Waals surface area contributed by atoms with Crippen LogP contribution < -0.4 is 10.2 Å². The second-order valence-corrected chi connectivity index (χ2v) is 5.49. The van der Waals surface area contributed by atoms with Crippen LogP contribution in [0, 0.1) is 0 Å². The van der Waals surface area contributed by atoms with Crippen LogP contribution in [0.2, 0.25) is 0 Å². The Morgan fingerprint density at radius 1 is 1.25 bits per heavy atom. The topological polar surface area (TPSA) is 41.0 Å². The molecule has 2 aromatic rings. The summed E-state index contributed by atoms with van der Waals surface area (Å²) in [5.74, 6) is 1.78. The molecule has 0 bridgehead atoms. The molecule has 0 fully saturated rings. The van der Waals surface area contributed by atoms with Crippen molar-refractivity contribution in [2.75, 3.05) is 23.8 Å². The Morgan fingerprint density at radius 3 is 2.80 bits per heavy atom. The van der Waals surface area contributed by atoms with Gasteiger partial charge in [0.15, 0.2) is 0 Å². The normalized spacial score (nSPS) is 10.3. The van der Waals surface area contributed by atoms with E-state index in [1.165, 1.54) is 5.56 Å². The molecule has 1 N–H and O–H groups in total. The largest absolute Gasteiger partial charge is 0.370 e. The number of benzene rings is 1. The molecule has 0 spiro atoms. The summed E-state index contributed by atoms with van der Waals surface area (Å²) in [5, 5.41) is 3.28. The van der Waals surface area contributed by atoms with Gasteiger partial charge in [-0.2, -0.15) is 0 Å². The minimum atomic E-state index is 0.797. The van der Waals surface area contributed by atoms with Crippen molar-refractivity contribution >= 4 is 27.6 Å². The standard InChI is InChI=1S/C15H19BrN4/c1-3-8-17-14-9-15(19-11-18-14)20(2)10-12-6-4-5-7-13(12)16/h4-7,9,11H,3,8,10H2,1-2H3,(H,17,18,19). The molecule has 0 aliphatic rings. The molecular formula is C15H19BrN4. The van der Waals surface area contributed by atoms with E-state index in [2.05, 4.69) is 55.2 Å². The van der Waals surface area contributed by atoms with E-state index in [-0.39, 0.29) is 0 Å². The summed E-state index contributed by atoms with van der Waals surface area (Å²) in [7, 11) is 2.03. The van der Waals surface area contributed by atoms with E-state index in [0.717, 1.165) is 35.6 Å². The van der Waals surface area contributed by atoms with Gasteiger partial charge in [-0.1, -0.05) is 41.1 Å². The average Bonchev–Trinajstić information content (AvgIpc) is 2.48. The first kappa shape index (κ1) is 14.8. The van der Waals surface area contributed by atoms with Crippen LogP contribution in [-0.2, 0) is 6.54 Å². The van der Waals surface area contributed by atoms with E-state index >= 15 is 0 Å². The number of nitrogens with one attached hydrogen (secondary N) is 1. The fraction of sp³-hybridized carbons (Fsp3) is 0.333. The van der Waals surface area contributed by atoms with E-state index in [1.54, 1.807) is 6.33 Å². The predicted molar refractivity (Wildman–Crippen MR) is 87.1 cm³/mol. The lowest BCUT2D eigenvalue weighted by molar-refractivity contribution is 0.884. The van der Waals surface area contributed by atoms with Crippen LogP contribution in [-0.4, -0.2) is 23.6 Å². The molecule has 0 amide bonds. The minimum Gasteiger partial charge on any atom is -0.370 e. The fourth-order valence-corrected chi connectivity index (χ4v) is 2.28. The van der Waals surface area contributed by atoms with E-state index < -0.39 is 0 Å². The van der Waals surface area contributed by atoms with Crippen molar-refractivity contribution in [2.45, 2.75) is 19.9 Å². The minimum absolute atomic E-state index is 0.797. The Hall–Kier alpha value is -1.62. The SMILES string of the molecule is CCCNc1cc(N(C)Cc2ccccc2Br)ncn1. The quantitative estimate of drug-likeness (QED) is 0.874. The van der Waals surface area contributed by atoms with Crippen LogP contribution in [0.15, 0.2) is 41.1 Å². The lowest BCUT2D eigenvalue weighted by atomic mass is 10.2. The average molecular weight is 335 g/mol. The molecule has 0 aliphatic heterocycles. The van der Waals surface area contributed by atoms with Gasteiger partial charge in [-0.05, 0) is 18.1 Å². The zero-order chi connectivity index (χ0) is 14.4. The van der Waals surface area contributed by atoms with Gasteiger partial charge in [-0.3, -0.25) is 0 Å². The van der Waals surface area contributed by atoms with E-state index in [1.807, 2.05) is 25.2 Å². The molecule has 2 rings (SSSR count). The number of anilines is 2. The number of hydrogen-bond donors (Lipinski definition) is 1. The van der Waals surface area contributed by atoms with Crippen LogP contribution in [0.5, 0.6) is 0 Å². The molecule has 0 aliphatic carbocycles. The van der Waals surface area contributed by atoms with Crippen molar-refractivity contribution in [1.82, 2.24) is 9.97 Å². The third kappa shape index (κ3) is 3.93. The molecule has 1 aromatic heterocycles. The molecule has 1 aromatic carbocycles. The van der Waals surface area contributed by atoms with E-state index in [4.69, 9.17) is 0 Å². The molecule has 4 nitrogen and oxygen atoms in total. The van der Waals surface area contributed by atoms with Gasteiger partial charge in [0.1, 0.15) is 18.0 Å². The number of halogens is 1. The molecule has 0 saturated heterocycles. The monoisotopic (exact) mass is 334 g/mol. The zero-order valence-corrected chi connectivity index (χ0v) is 13.4. The predicted octanol–water partition coefficient (Wildman–Crippen LogP) is 3.70. The van der Waals surface area contributed by atoms with Gasteiger partial charge in [0.25, 0.3) is 0 Å². The molecule has 106 valence electrons. The summed E-state index contributed by atoms with van der Waals surface area (Å²) >= 11 is 3.57. The lowest BCUT2D eigenvalue weighted by Crippen LogP contribution is -2.18. The Bertz CT molecular complexity index is 559. The maximum atomic E-state index is 4.33. The molecular weight excluding hydrogens is 316 g/mol. The van der Waals surface area contributed by atoms with Crippen molar-refractivity contribution < 1.29 is 0 Å². The lowest BCUT2D eigenvalue weighted by Gasteiger charge is -2.19. The summed E-state index contributed by atoms with van der Waals surface area (Å²) in [6.45, 7) is 3.85. The van der Waals surface area contributed by atoms with Gasteiger partial charge < -0.3 is 10.2 Å². The van der Waals surface area contributed by atoms with Crippen LogP contribution >= 0.6 is 15.9 Å². The second-order valence-electron chi connectivity index (χ2n) is 4.64. The van der Waals surface area contributed by atoms with Crippen LogP contribution in [0.3, 0.4) is 0 Å². The number of aromatic nitrogens is 2. The molecule has 0 radical (unpaired) electrons. The van der Waals surface area contributed by atoms with Crippen molar-refractivity contribution in [1.29, 1.82) is 0 Å². The number of rotatable bonds is 6. The van der Waals surface area contributed by atoms with E-state index in [0.29, 0.717) is 0 Å². The van der Waals surface area contributed by atoms with Crippen molar-refractivity contribution in [3.8, 4) is 0 Å². The third-order valence-electron chi connectivity index (χ3n) is 2.97. The van der Waals surface area contributed by atoms with Crippen LogP contribution in [0.4, 0.5) is 11.6 Å². The van der Waals surface area contributed by atoms with Gasteiger partial charge in [0, 0.05) is 30.7 Å². The molecule has 1 heterocycles. The Kier molecular flexibility index (Phi) is 5.35. The molecule has 0 saturated carbocycles. The zero-order valence-electron chi connectivity index (χ0n) is 11.8. The smallest absolute Gasteiger partial charge is 0.134 e. The Morgan fingerprint density at radius 2 is 2.05 bits per heavy atom. The summed E-state index contributed by atoms with van der Waals surface area (Å²) in [4.78, 5) is 10.7. The summed E-state index contributed by atoms with van der Waals surface area (Å²) in [5.41, 5.74) is 1.23. The van der Waals surface area contributed by atoms with Gasteiger partial charge >= 0.3 is 0 Å². The maximum Gasteiger partial charge on any atom is 0.134 e. The van der Waals surface area contributed by atoms with Crippen LogP contribution in [0.25, 0.3) is 0 Å².